The number of aliphatic hydroxyl groups is 1. The van der Waals surface area contributed by atoms with Gasteiger partial charge in [0.2, 0.25) is 0 Å². The Morgan fingerprint density at radius 2 is 1.96 bits per heavy atom. The van der Waals surface area contributed by atoms with Crippen LogP contribution in [0, 0.1) is 11.7 Å². The summed E-state index contributed by atoms with van der Waals surface area (Å²) in [5.74, 6) is 0.293. The number of ketones is 1. The molecular formula is C19H17FO3. The molecule has 0 amide bonds. The van der Waals surface area contributed by atoms with Gasteiger partial charge in [-0.2, -0.15) is 0 Å². The van der Waals surface area contributed by atoms with Crippen LogP contribution in [0.15, 0.2) is 54.6 Å². The molecular weight excluding hydrogens is 295 g/mol. The first-order valence-corrected chi connectivity index (χ1v) is 7.54. The van der Waals surface area contributed by atoms with Gasteiger partial charge in [-0.25, -0.2) is 4.39 Å². The molecule has 2 aromatic rings. The highest BCUT2D eigenvalue weighted by Crippen LogP contribution is 2.31. The Hall–Kier alpha value is -2.62. The van der Waals surface area contributed by atoms with E-state index in [-0.39, 0.29) is 23.3 Å². The average Bonchev–Trinajstić information content (AvgIpc) is 3.39. The number of rotatable bonds is 6. The van der Waals surface area contributed by atoms with Crippen LogP contribution in [-0.2, 0) is 11.4 Å². The smallest absolute Gasteiger partial charge is 0.162 e. The lowest BCUT2D eigenvalue weighted by atomic mass is 10.1. The average molecular weight is 312 g/mol. The van der Waals surface area contributed by atoms with Gasteiger partial charge in [-0.3, -0.25) is 4.79 Å². The van der Waals surface area contributed by atoms with Gasteiger partial charge in [-0.15, -0.1) is 0 Å². The molecule has 0 bridgehead atoms. The Kier molecular flexibility index (Phi) is 4.42. The van der Waals surface area contributed by atoms with E-state index in [1.807, 2.05) is 0 Å². The molecule has 0 unspecified atom stereocenters. The summed E-state index contributed by atoms with van der Waals surface area (Å²) >= 11 is 0. The van der Waals surface area contributed by atoms with Gasteiger partial charge in [0.05, 0.1) is 0 Å². The van der Waals surface area contributed by atoms with Gasteiger partial charge in [-0.1, -0.05) is 24.3 Å². The summed E-state index contributed by atoms with van der Waals surface area (Å²) in [6.07, 6.45) is 3.10. The molecule has 0 aliphatic heterocycles. The Bertz CT molecular complexity index is 731. The molecule has 1 aliphatic rings. The van der Waals surface area contributed by atoms with Gasteiger partial charge >= 0.3 is 0 Å². The fourth-order valence-corrected chi connectivity index (χ4v) is 2.20. The van der Waals surface area contributed by atoms with E-state index in [2.05, 4.69) is 0 Å². The maximum absolute atomic E-state index is 12.9. The molecule has 0 aromatic heterocycles. The van der Waals surface area contributed by atoms with E-state index < -0.39 is 0 Å². The second-order valence-electron chi connectivity index (χ2n) is 5.65. The number of hydrogen-bond donors (Lipinski definition) is 1. The number of carbonyl (C=O) groups excluding carboxylic acids is 1. The van der Waals surface area contributed by atoms with Crippen LogP contribution >= 0.6 is 0 Å². The third-order valence-corrected chi connectivity index (χ3v) is 3.71. The van der Waals surface area contributed by atoms with Crippen molar-refractivity contribution in [3.63, 3.8) is 0 Å². The Labute approximate surface area is 134 Å². The lowest BCUT2D eigenvalue weighted by molar-refractivity contribution is -0.115. The van der Waals surface area contributed by atoms with E-state index >= 15 is 0 Å². The summed E-state index contributed by atoms with van der Waals surface area (Å²) in [6, 6.07) is 13.0. The molecule has 23 heavy (non-hydrogen) atoms. The van der Waals surface area contributed by atoms with E-state index in [0.717, 1.165) is 18.4 Å². The van der Waals surface area contributed by atoms with Crippen molar-refractivity contribution in [3.05, 3.63) is 71.6 Å². The number of allylic oxidation sites excluding steroid dienone is 1. The maximum atomic E-state index is 12.9. The third kappa shape index (κ3) is 4.19. The van der Waals surface area contributed by atoms with Crippen molar-refractivity contribution in [1.29, 1.82) is 0 Å². The number of carbonyl (C=O) groups is 1. The Morgan fingerprint density at radius 1 is 1.22 bits per heavy atom. The highest BCUT2D eigenvalue weighted by atomic mass is 19.1. The molecule has 1 aliphatic carbocycles. The van der Waals surface area contributed by atoms with Crippen LogP contribution in [0.5, 0.6) is 5.75 Å². The fraction of sp³-hybridized carbons (Fsp3) is 0.211. The highest BCUT2D eigenvalue weighted by molar-refractivity contribution is 5.98. The normalized spacial score (nSPS) is 14.6. The number of aliphatic hydroxyl groups excluding tert-OH is 1. The van der Waals surface area contributed by atoms with Crippen LogP contribution in [0.4, 0.5) is 4.39 Å². The zero-order valence-electron chi connectivity index (χ0n) is 12.5. The standard InChI is InChI=1S/C19H17FO3/c20-16-8-4-13(5-9-16)12-23-17-3-1-2-15(10-17)19(22)11-18(21)14-6-7-14/h1-5,8-11,14,22H,6-7,12H2. The van der Waals surface area contributed by atoms with Crippen molar-refractivity contribution in [2.24, 2.45) is 5.92 Å². The molecule has 4 heteroatoms. The van der Waals surface area contributed by atoms with Crippen molar-refractivity contribution in [2.45, 2.75) is 19.4 Å². The SMILES string of the molecule is O=C(C=C(O)c1cccc(OCc2ccc(F)cc2)c1)C1CC1. The first kappa shape index (κ1) is 15.3. The molecule has 2 aromatic carbocycles. The topological polar surface area (TPSA) is 46.5 Å². The molecule has 1 N–H and O–H groups in total. The first-order valence-electron chi connectivity index (χ1n) is 7.54. The van der Waals surface area contributed by atoms with Crippen LogP contribution in [-0.4, -0.2) is 10.9 Å². The molecule has 1 fully saturated rings. The Balaban J connectivity index is 1.66. The predicted octanol–water partition coefficient (Wildman–Crippen LogP) is 4.28. The minimum atomic E-state index is -0.286. The van der Waals surface area contributed by atoms with Crippen molar-refractivity contribution >= 4 is 11.5 Å². The molecule has 0 radical (unpaired) electrons. The maximum Gasteiger partial charge on any atom is 0.162 e. The Morgan fingerprint density at radius 3 is 2.65 bits per heavy atom. The van der Waals surface area contributed by atoms with Gasteiger partial charge in [0.15, 0.2) is 5.78 Å². The van der Waals surface area contributed by atoms with E-state index in [1.54, 1.807) is 36.4 Å². The van der Waals surface area contributed by atoms with Crippen LogP contribution in [0.2, 0.25) is 0 Å². The molecule has 1 saturated carbocycles. The molecule has 0 spiro atoms. The summed E-state index contributed by atoms with van der Waals surface area (Å²) < 4.78 is 18.5. The monoisotopic (exact) mass is 312 g/mol. The third-order valence-electron chi connectivity index (χ3n) is 3.71. The second-order valence-corrected chi connectivity index (χ2v) is 5.65. The summed E-state index contributed by atoms with van der Waals surface area (Å²) in [6.45, 7) is 0.301. The summed E-state index contributed by atoms with van der Waals surface area (Å²) in [5, 5.41) is 10.1. The van der Waals surface area contributed by atoms with Crippen molar-refractivity contribution in [2.75, 3.05) is 0 Å². The number of hydrogen-bond acceptors (Lipinski definition) is 3. The lowest BCUT2D eigenvalue weighted by Gasteiger charge is -2.08. The van der Waals surface area contributed by atoms with Crippen LogP contribution in [0.1, 0.15) is 24.0 Å². The van der Waals surface area contributed by atoms with E-state index in [1.165, 1.54) is 18.2 Å². The van der Waals surface area contributed by atoms with Crippen LogP contribution < -0.4 is 4.74 Å². The highest BCUT2D eigenvalue weighted by Gasteiger charge is 2.28. The largest absolute Gasteiger partial charge is 0.507 e. The zero-order valence-corrected chi connectivity index (χ0v) is 12.5. The minimum Gasteiger partial charge on any atom is -0.507 e. The van der Waals surface area contributed by atoms with E-state index in [4.69, 9.17) is 4.74 Å². The molecule has 3 nitrogen and oxygen atoms in total. The predicted molar refractivity (Wildman–Crippen MR) is 85.5 cm³/mol. The molecule has 3 rings (SSSR count). The van der Waals surface area contributed by atoms with Crippen molar-refractivity contribution in [3.8, 4) is 5.75 Å². The molecule has 0 heterocycles. The van der Waals surface area contributed by atoms with Gasteiger partial charge in [-0.05, 0) is 42.7 Å². The first-order chi connectivity index (χ1) is 11.1. The summed E-state index contributed by atoms with van der Waals surface area (Å²) in [5.41, 5.74) is 1.39. The second kappa shape index (κ2) is 6.65. The molecule has 118 valence electrons. The van der Waals surface area contributed by atoms with Crippen LogP contribution in [0.3, 0.4) is 0 Å². The summed E-state index contributed by atoms with van der Waals surface area (Å²) in [4.78, 5) is 11.7. The van der Waals surface area contributed by atoms with Gasteiger partial charge in [0.1, 0.15) is 23.9 Å². The van der Waals surface area contributed by atoms with Crippen LogP contribution in [0.25, 0.3) is 5.76 Å². The summed E-state index contributed by atoms with van der Waals surface area (Å²) in [7, 11) is 0. The molecule has 0 atom stereocenters. The number of benzene rings is 2. The van der Waals surface area contributed by atoms with E-state index in [0.29, 0.717) is 17.9 Å². The zero-order chi connectivity index (χ0) is 16.2. The minimum absolute atomic E-state index is 0.0277. The number of halogens is 1. The quantitative estimate of drug-likeness (QED) is 0.639. The van der Waals surface area contributed by atoms with E-state index in [9.17, 15) is 14.3 Å². The lowest BCUT2D eigenvalue weighted by Crippen LogP contribution is -1.98. The van der Waals surface area contributed by atoms with Crippen molar-refractivity contribution in [1.82, 2.24) is 0 Å². The number of ether oxygens (including phenoxy) is 1. The van der Waals surface area contributed by atoms with Gasteiger partial charge in [0.25, 0.3) is 0 Å². The fourth-order valence-electron chi connectivity index (χ4n) is 2.20. The van der Waals surface area contributed by atoms with Gasteiger partial charge < -0.3 is 9.84 Å². The van der Waals surface area contributed by atoms with Gasteiger partial charge in [0, 0.05) is 17.6 Å². The molecule has 0 saturated heterocycles. The van der Waals surface area contributed by atoms with Crippen molar-refractivity contribution < 1.29 is 19.0 Å².